The summed E-state index contributed by atoms with van der Waals surface area (Å²) in [5.74, 6) is 0.554. The van der Waals surface area contributed by atoms with Gasteiger partial charge in [-0.1, -0.05) is 6.08 Å². The van der Waals surface area contributed by atoms with Crippen molar-refractivity contribution in [1.82, 2.24) is 4.90 Å². The Bertz CT molecular complexity index is 431. The average molecular weight is 342 g/mol. The summed E-state index contributed by atoms with van der Waals surface area (Å²) in [5, 5.41) is 0. The van der Waals surface area contributed by atoms with Gasteiger partial charge in [0.15, 0.2) is 0 Å². The van der Waals surface area contributed by atoms with Gasteiger partial charge in [-0.2, -0.15) is 0 Å². The number of hydrogen-bond acceptors (Lipinski definition) is 3. The van der Waals surface area contributed by atoms with E-state index in [1.54, 1.807) is 0 Å². The molecule has 0 aliphatic carbocycles. The Morgan fingerprint density at radius 3 is 3.00 bits per heavy atom. The standard InChI is InChI=1S/C15H24BrN3O/c1-15(2)8-11(9-19(15)10-20)6-7-12(17)13-4-3-5-14(16)18-13/h4,10-12H,3,5-9,17H2,1-2H3. The molecule has 0 spiro atoms. The molecule has 0 bridgehead atoms. The second-order valence-electron chi connectivity index (χ2n) is 6.48. The number of rotatable bonds is 5. The normalized spacial score (nSPS) is 27.0. The number of carbonyl (C=O) groups excluding carboxylic acids is 1. The van der Waals surface area contributed by atoms with Crippen molar-refractivity contribution < 1.29 is 4.79 Å². The van der Waals surface area contributed by atoms with Crippen molar-refractivity contribution in [3.8, 4) is 0 Å². The number of halogens is 1. The Hall–Kier alpha value is -0.680. The second-order valence-corrected chi connectivity index (χ2v) is 7.40. The van der Waals surface area contributed by atoms with Gasteiger partial charge in [-0.05, 0) is 67.8 Å². The molecule has 2 unspecified atom stereocenters. The lowest BCUT2D eigenvalue weighted by Gasteiger charge is -2.27. The highest BCUT2D eigenvalue weighted by Gasteiger charge is 2.37. The highest BCUT2D eigenvalue weighted by atomic mass is 79.9. The maximum absolute atomic E-state index is 11.1. The van der Waals surface area contributed by atoms with E-state index in [9.17, 15) is 4.79 Å². The largest absolute Gasteiger partial charge is 0.340 e. The summed E-state index contributed by atoms with van der Waals surface area (Å²) in [6.45, 7) is 5.12. The van der Waals surface area contributed by atoms with Crippen molar-refractivity contribution in [3.63, 3.8) is 0 Å². The molecular formula is C15H24BrN3O. The van der Waals surface area contributed by atoms with Crippen LogP contribution in [0.3, 0.4) is 0 Å². The molecule has 2 atom stereocenters. The molecule has 1 amide bonds. The predicted molar refractivity (Wildman–Crippen MR) is 85.8 cm³/mol. The lowest BCUT2D eigenvalue weighted by Crippen LogP contribution is -2.36. The van der Waals surface area contributed by atoms with Gasteiger partial charge >= 0.3 is 0 Å². The first kappa shape index (κ1) is 15.7. The van der Waals surface area contributed by atoms with Crippen LogP contribution in [0, 0.1) is 5.92 Å². The monoisotopic (exact) mass is 341 g/mol. The predicted octanol–water partition coefficient (Wildman–Crippen LogP) is 2.82. The number of nitrogens with two attached hydrogens (primary N) is 1. The number of amides is 1. The Kier molecular flexibility index (Phi) is 5.02. The summed E-state index contributed by atoms with van der Waals surface area (Å²) in [6, 6.07) is 0.0104. The number of aliphatic imine (C=N–C) groups is 1. The molecule has 2 aliphatic heterocycles. The van der Waals surface area contributed by atoms with E-state index in [0.717, 1.165) is 55.4 Å². The van der Waals surface area contributed by atoms with Crippen LogP contribution in [0.1, 0.15) is 46.0 Å². The first-order valence-corrected chi connectivity index (χ1v) is 8.12. The fourth-order valence-corrected chi connectivity index (χ4v) is 3.60. The van der Waals surface area contributed by atoms with Gasteiger partial charge in [0.05, 0.1) is 10.3 Å². The Morgan fingerprint density at radius 1 is 1.65 bits per heavy atom. The fraction of sp³-hybridized carbons (Fsp3) is 0.733. The lowest BCUT2D eigenvalue weighted by molar-refractivity contribution is -0.120. The minimum Gasteiger partial charge on any atom is -0.340 e. The van der Waals surface area contributed by atoms with Gasteiger partial charge in [0, 0.05) is 18.1 Å². The molecule has 2 aliphatic rings. The molecule has 1 fully saturated rings. The van der Waals surface area contributed by atoms with E-state index in [1.165, 1.54) is 0 Å². The zero-order chi connectivity index (χ0) is 14.8. The van der Waals surface area contributed by atoms with Crippen molar-refractivity contribution >= 4 is 27.0 Å². The quantitative estimate of drug-likeness (QED) is 0.781. The molecule has 0 aromatic rings. The fourth-order valence-electron chi connectivity index (χ4n) is 3.17. The van der Waals surface area contributed by atoms with Crippen molar-refractivity contribution in [2.45, 2.75) is 57.5 Å². The van der Waals surface area contributed by atoms with E-state index in [4.69, 9.17) is 5.73 Å². The van der Waals surface area contributed by atoms with E-state index >= 15 is 0 Å². The minimum atomic E-state index is -0.0121. The van der Waals surface area contributed by atoms with Gasteiger partial charge < -0.3 is 10.6 Å². The van der Waals surface area contributed by atoms with Crippen LogP contribution in [0.15, 0.2) is 16.8 Å². The van der Waals surface area contributed by atoms with Crippen LogP contribution >= 0.6 is 15.9 Å². The van der Waals surface area contributed by atoms with Crippen LogP contribution in [-0.2, 0) is 4.79 Å². The van der Waals surface area contributed by atoms with Crippen LogP contribution in [-0.4, -0.2) is 34.1 Å². The average Bonchev–Trinajstić information content (AvgIpc) is 2.70. The van der Waals surface area contributed by atoms with E-state index < -0.39 is 0 Å². The van der Waals surface area contributed by atoms with Gasteiger partial charge in [-0.25, -0.2) is 4.99 Å². The summed E-state index contributed by atoms with van der Waals surface area (Å²) < 4.78 is 1.000. The van der Waals surface area contributed by atoms with E-state index in [-0.39, 0.29) is 11.6 Å². The number of likely N-dealkylation sites (tertiary alicyclic amines) is 1. The molecule has 4 nitrogen and oxygen atoms in total. The third kappa shape index (κ3) is 3.70. The van der Waals surface area contributed by atoms with Crippen molar-refractivity contribution in [3.05, 3.63) is 11.8 Å². The highest BCUT2D eigenvalue weighted by molar-refractivity contribution is 9.18. The summed E-state index contributed by atoms with van der Waals surface area (Å²) in [5.41, 5.74) is 7.24. The summed E-state index contributed by atoms with van der Waals surface area (Å²) in [7, 11) is 0. The Labute approximate surface area is 129 Å². The molecule has 0 radical (unpaired) electrons. The molecule has 1 saturated heterocycles. The third-order valence-electron chi connectivity index (χ3n) is 4.37. The SMILES string of the molecule is CC1(C)CC(CCC(N)C2=CCCC(Br)=N2)CN1C=O. The minimum absolute atomic E-state index is 0.0104. The van der Waals surface area contributed by atoms with Crippen LogP contribution in [0.2, 0.25) is 0 Å². The topological polar surface area (TPSA) is 58.7 Å². The molecule has 0 aromatic carbocycles. The smallest absolute Gasteiger partial charge is 0.210 e. The zero-order valence-electron chi connectivity index (χ0n) is 12.3. The van der Waals surface area contributed by atoms with Gasteiger partial charge in [-0.15, -0.1) is 0 Å². The number of allylic oxidation sites excluding steroid dienone is 1. The highest BCUT2D eigenvalue weighted by Crippen LogP contribution is 2.34. The van der Waals surface area contributed by atoms with Crippen LogP contribution in [0.25, 0.3) is 0 Å². The molecule has 5 heteroatoms. The molecule has 2 N–H and O–H groups in total. The second kappa shape index (κ2) is 6.39. The molecule has 112 valence electrons. The first-order chi connectivity index (χ1) is 9.42. The van der Waals surface area contributed by atoms with Crippen LogP contribution < -0.4 is 5.73 Å². The first-order valence-electron chi connectivity index (χ1n) is 7.33. The van der Waals surface area contributed by atoms with Gasteiger partial charge in [0.25, 0.3) is 0 Å². The van der Waals surface area contributed by atoms with Crippen molar-refractivity contribution in [2.24, 2.45) is 16.6 Å². The number of hydrogen-bond donors (Lipinski definition) is 1. The molecule has 20 heavy (non-hydrogen) atoms. The summed E-state index contributed by atoms with van der Waals surface area (Å²) in [6.07, 6.45) is 8.16. The van der Waals surface area contributed by atoms with E-state index in [2.05, 4.69) is 40.8 Å². The maximum atomic E-state index is 11.1. The molecular weight excluding hydrogens is 318 g/mol. The zero-order valence-corrected chi connectivity index (χ0v) is 13.9. The van der Waals surface area contributed by atoms with Crippen LogP contribution in [0.4, 0.5) is 0 Å². The van der Waals surface area contributed by atoms with Crippen molar-refractivity contribution in [2.75, 3.05) is 6.54 Å². The summed E-state index contributed by atoms with van der Waals surface area (Å²) in [4.78, 5) is 17.5. The molecule has 0 saturated carbocycles. The number of nitrogens with zero attached hydrogens (tertiary/aromatic N) is 2. The van der Waals surface area contributed by atoms with Gasteiger partial charge in [0.1, 0.15) is 0 Å². The summed E-state index contributed by atoms with van der Waals surface area (Å²) >= 11 is 3.45. The molecule has 2 heterocycles. The third-order valence-corrected chi connectivity index (χ3v) is 4.94. The van der Waals surface area contributed by atoms with E-state index in [1.807, 2.05) is 4.90 Å². The van der Waals surface area contributed by atoms with E-state index in [0.29, 0.717) is 5.92 Å². The number of carbonyl (C=O) groups is 1. The van der Waals surface area contributed by atoms with Crippen LogP contribution in [0.5, 0.6) is 0 Å². The van der Waals surface area contributed by atoms with Gasteiger partial charge in [-0.3, -0.25) is 4.79 Å². The molecule has 0 aromatic heterocycles. The van der Waals surface area contributed by atoms with Crippen molar-refractivity contribution in [1.29, 1.82) is 0 Å². The Morgan fingerprint density at radius 2 is 2.40 bits per heavy atom. The Balaban J connectivity index is 1.84. The molecule has 2 rings (SSSR count). The van der Waals surface area contributed by atoms with Gasteiger partial charge in [0.2, 0.25) is 6.41 Å². The maximum Gasteiger partial charge on any atom is 0.210 e. The lowest BCUT2D eigenvalue weighted by atomic mass is 9.91.